The van der Waals surface area contributed by atoms with Crippen LogP contribution >= 0.6 is 11.6 Å². The molecular weight excluding hydrogens is 254 g/mol. The second-order valence-corrected chi connectivity index (χ2v) is 4.45. The van der Waals surface area contributed by atoms with Crippen LogP contribution in [0.1, 0.15) is 5.56 Å². The van der Waals surface area contributed by atoms with Crippen molar-refractivity contribution in [2.24, 2.45) is 0 Å². The van der Waals surface area contributed by atoms with Gasteiger partial charge in [-0.1, -0.05) is 11.6 Å². The number of nitrogens with one attached hydrogen (secondary N) is 1. The van der Waals surface area contributed by atoms with Crippen molar-refractivity contribution >= 4 is 11.6 Å². The third kappa shape index (κ3) is 5.23. The number of hydrogen-bond acceptors (Lipinski definition) is 4. The average Bonchev–Trinajstić information content (AvgIpc) is 2.35. The van der Waals surface area contributed by atoms with E-state index in [1.807, 2.05) is 12.1 Å². The lowest BCUT2D eigenvalue weighted by atomic mass is 10.1. The van der Waals surface area contributed by atoms with Crippen molar-refractivity contribution in [2.75, 3.05) is 33.9 Å². The van der Waals surface area contributed by atoms with E-state index in [0.717, 1.165) is 17.9 Å². The number of ether oxygens (including phenoxy) is 2. The van der Waals surface area contributed by atoms with E-state index in [2.05, 4.69) is 5.32 Å². The minimum Gasteiger partial charge on any atom is -0.496 e. The minimum atomic E-state index is -0.478. The van der Waals surface area contributed by atoms with Crippen molar-refractivity contribution in [3.05, 3.63) is 28.8 Å². The monoisotopic (exact) mass is 273 g/mol. The molecule has 0 amide bonds. The topological polar surface area (TPSA) is 50.7 Å². The second kappa shape index (κ2) is 8.32. The van der Waals surface area contributed by atoms with Gasteiger partial charge < -0.3 is 19.9 Å². The van der Waals surface area contributed by atoms with Crippen molar-refractivity contribution in [3.8, 4) is 5.75 Å². The van der Waals surface area contributed by atoms with Crippen molar-refractivity contribution in [1.82, 2.24) is 5.32 Å². The Kier molecular flexibility index (Phi) is 7.05. The SMILES string of the molecule is COCCNCC(O)Cc1cc(Cl)ccc1OC. The molecule has 2 N–H and O–H groups in total. The third-order valence-corrected chi connectivity index (χ3v) is 2.80. The maximum absolute atomic E-state index is 9.91. The molecule has 0 aliphatic rings. The Hall–Kier alpha value is -0.810. The summed E-state index contributed by atoms with van der Waals surface area (Å²) in [6.07, 6.45) is 0.0261. The number of halogens is 1. The summed E-state index contributed by atoms with van der Waals surface area (Å²) in [6.45, 7) is 1.87. The summed E-state index contributed by atoms with van der Waals surface area (Å²) in [7, 11) is 3.25. The quantitative estimate of drug-likeness (QED) is 0.705. The smallest absolute Gasteiger partial charge is 0.122 e. The Bertz CT molecular complexity index is 360. The van der Waals surface area contributed by atoms with Crippen LogP contribution in [0, 0.1) is 0 Å². The Balaban J connectivity index is 2.47. The zero-order chi connectivity index (χ0) is 13.4. The number of methoxy groups -OCH3 is 2. The maximum atomic E-state index is 9.91. The predicted octanol–water partition coefficient (Wildman–Crippen LogP) is 1.49. The standard InChI is InChI=1S/C13H20ClNO3/c1-17-6-5-15-9-12(16)8-10-7-11(14)3-4-13(10)18-2/h3-4,7,12,15-16H,5-6,8-9H2,1-2H3. The lowest BCUT2D eigenvalue weighted by Crippen LogP contribution is -2.30. The molecule has 1 unspecified atom stereocenters. The Labute approximate surface area is 113 Å². The molecule has 0 saturated heterocycles. The average molecular weight is 274 g/mol. The molecule has 1 rings (SSSR count). The highest BCUT2D eigenvalue weighted by Gasteiger charge is 2.10. The fourth-order valence-corrected chi connectivity index (χ4v) is 1.87. The second-order valence-electron chi connectivity index (χ2n) is 4.01. The lowest BCUT2D eigenvalue weighted by Gasteiger charge is -2.14. The van der Waals surface area contributed by atoms with Gasteiger partial charge in [-0.05, 0) is 23.8 Å². The number of hydrogen-bond donors (Lipinski definition) is 2. The molecule has 102 valence electrons. The first-order valence-electron chi connectivity index (χ1n) is 5.87. The normalized spacial score (nSPS) is 12.4. The van der Waals surface area contributed by atoms with Gasteiger partial charge in [-0.2, -0.15) is 0 Å². The first-order valence-corrected chi connectivity index (χ1v) is 6.25. The highest BCUT2D eigenvalue weighted by molar-refractivity contribution is 6.30. The molecule has 0 radical (unpaired) electrons. The summed E-state index contributed by atoms with van der Waals surface area (Å²) in [5.74, 6) is 0.746. The molecule has 0 aliphatic carbocycles. The van der Waals surface area contributed by atoms with Crippen LogP contribution in [0.3, 0.4) is 0 Å². The summed E-state index contributed by atoms with van der Waals surface area (Å²) in [5, 5.41) is 13.7. The number of aliphatic hydroxyl groups excluding tert-OH is 1. The molecule has 0 bridgehead atoms. The molecule has 0 spiro atoms. The molecule has 0 saturated carbocycles. The van der Waals surface area contributed by atoms with Crippen molar-refractivity contribution in [1.29, 1.82) is 0 Å². The van der Waals surface area contributed by atoms with Gasteiger partial charge >= 0.3 is 0 Å². The van der Waals surface area contributed by atoms with Crippen LogP contribution in [0.4, 0.5) is 0 Å². The Morgan fingerprint density at radius 2 is 2.17 bits per heavy atom. The van der Waals surface area contributed by atoms with E-state index in [-0.39, 0.29) is 0 Å². The molecular formula is C13H20ClNO3. The fraction of sp³-hybridized carbons (Fsp3) is 0.538. The molecule has 18 heavy (non-hydrogen) atoms. The van der Waals surface area contributed by atoms with E-state index in [1.54, 1.807) is 20.3 Å². The van der Waals surface area contributed by atoms with E-state index < -0.39 is 6.10 Å². The van der Waals surface area contributed by atoms with Gasteiger partial charge in [-0.15, -0.1) is 0 Å². The first-order chi connectivity index (χ1) is 8.67. The van der Waals surface area contributed by atoms with Gasteiger partial charge in [0.1, 0.15) is 5.75 Å². The predicted molar refractivity (Wildman–Crippen MR) is 72.5 cm³/mol. The van der Waals surface area contributed by atoms with Crippen molar-refractivity contribution in [3.63, 3.8) is 0 Å². The molecule has 1 aromatic rings. The van der Waals surface area contributed by atoms with E-state index in [0.29, 0.717) is 24.6 Å². The summed E-state index contributed by atoms with van der Waals surface area (Å²) < 4.78 is 10.1. The van der Waals surface area contributed by atoms with E-state index in [4.69, 9.17) is 21.1 Å². The van der Waals surface area contributed by atoms with Gasteiger partial charge in [0.05, 0.1) is 19.8 Å². The largest absolute Gasteiger partial charge is 0.496 e. The molecule has 0 aromatic heterocycles. The van der Waals surface area contributed by atoms with Crippen LogP contribution < -0.4 is 10.1 Å². The summed E-state index contributed by atoms with van der Waals surface area (Å²) >= 11 is 5.93. The zero-order valence-electron chi connectivity index (χ0n) is 10.8. The molecule has 1 aromatic carbocycles. The highest BCUT2D eigenvalue weighted by Crippen LogP contribution is 2.23. The van der Waals surface area contributed by atoms with Crippen molar-refractivity contribution < 1.29 is 14.6 Å². The lowest BCUT2D eigenvalue weighted by molar-refractivity contribution is 0.159. The van der Waals surface area contributed by atoms with Crippen LogP contribution in [0.25, 0.3) is 0 Å². The minimum absolute atomic E-state index is 0.478. The van der Waals surface area contributed by atoms with Crippen LogP contribution in [0.5, 0.6) is 5.75 Å². The maximum Gasteiger partial charge on any atom is 0.122 e. The molecule has 1 atom stereocenters. The van der Waals surface area contributed by atoms with Gasteiger partial charge in [0.15, 0.2) is 0 Å². The van der Waals surface area contributed by atoms with Crippen LogP contribution in [-0.4, -0.2) is 45.1 Å². The van der Waals surface area contributed by atoms with E-state index in [1.165, 1.54) is 0 Å². The summed E-state index contributed by atoms with van der Waals surface area (Å²) in [5.41, 5.74) is 0.908. The van der Waals surface area contributed by atoms with Gasteiger partial charge in [-0.3, -0.25) is 0 Å². The van der Waals surface area contributed by atoms with E-state index >= 15 is 0 Å². The number of benzene rings is 1. The number of aliphatic hydroxyl groups is 1. The number of rotatable bonds is 8. The van der Waals surface area contributed by atoms with Gasteiger partial charge in [0.25, 0.3) is 0 Å². The van der Waals surface area contributed by atoms with Crippen LogP contribution in [0.2, 0.25) is 5.02 Å². The van der Waals surface area contributed by atoms with E-state index in [9.17, 15) is 5.11 Å². The molecule has 0 heterocycles. The third-order valence-electron chi connectivity index (χ3n) is 2.56. The molecule has 0 fully saturated rings. The molecule has 0 aliphatic heterocycles. The molecule has 5 heteroatoms. The van der Waals surface area contributed by atoms with Crippen molar-refractivity contribution in [2.45, 2.75) is 12.5 Å². The fourth-order valence-electron chi connectivity index (χ4n) is 1.68. The Morgan fingerprint density at radius 1 is 1.39 bits per heavy atom. The first kappa shape index (κ1) is 15.2. The Morgan fingerprint density at radius 3 is 2.83 bits per heavy atom. The summed E-state index contributed by atoms with van der Waals surface area (Å²) in [6, 6.07) is 5.40. The van der Waals surface area contributed by atoms with Crippen LogP contribution in [0.15, 0.2) is 18.2 Å². The molecule has 4 nitrogen and oxygen atoms in total. The highest BCUT2D eigenvalue weighted by atomic mass is 35.5. The van der Waals surface area contributed by atoms with Gasteiger partial charge in [-0.25, -0.2) is 0 Å². The van der Waals surface area contributed by atoms with Gasteiger partial charge in [0, 0.05) is 31.6 Å². The van der Waals surface area contributed by atoms with Gasteiger partial charge in [0.2, 0.25) is 0 Å². The van der Waals surface area contributed by atoms with Crippen LogP contribution in [-0.2, 0) is 11.2 Å². The zero-order valence-corrected chi connectivity index (χ0v) is 11.5. The summed E-state index contributed by atoms with van der Waals surface area (Å²) in [4.78, 5) is 0.